The van der Waals surface area contributed by atoms with Crippen molar-refractivity contribution < 1.29 is 14.3 Å². The molecule has 0 aliphatic heterocycles. The summed E-state index contributed by atoms with van der Waals surface area (Å²) in [6.07, 6.45) is 3.46. The van der Waals surface area contributed by atoms with E-state index in [1.807, 2.05) is 37.4 Å². The highest BCUT2D eigenvalue weighted by atomic mass is 16.5. The zero-order valence-corrected chi connectivity index (χ0v) is 18.6. The molecule has 0 saturated carbocycles. The highest BCUT2D eigenvalue weighted by Crippen LogP contribution is 2.37. The van der Waals surface area contributed by atoms with Crippen LogP contribution in [0, 0.1) is 5.92 Å². The minimum absolute atomic E-state index is 0.0513. The van der Waals surface area contributed by atoms with E-state index in [1.165, 1.54) is 0 Å². The molecule has 0 fully saturated rings. The summed E-state index contributed by atoms with van der Waals surface area (Å²) >= 11 is 0. The van der Waals surface area contributed by atoms with Crippen LogP contribution in [0.15, 0.2) is 48.7 Å². The number of para-hydroxylation sites is 1. The molecule has 1 unspecified atom stereocenters. The molecule has 1 atom stereocenters. The number of nitrogens with one attached hydrogen (secondary N) is 1. The summed E-state index contributed by atoms with van der Waals surface area (Å²) in [5, 5.41) is 4.24. The molecule has 3 rings (SSSR count). The zero-order valence-electron chi connectivity index (χ0n) is 18.6. The van der Waals surface area contributed by atoms with Gasteiger partial charge < -0.3 is 19.4 Å². The van der Waals surface area contributed by atoms with Gasteiger partial charge in [0, 0.05) is 49.1 Å². The van der Waals surface area contributed by atoms with Crippen LogP contribution < -0.4 is 14.8 Å². The Morgan fingerprint density at radius 2 is 1.73 bits per heavy atom. The molecule has 1 N–H and O–H groups in total. The Morgan fingerprint density at radius 1 is 1.07 bits per heavy atom. The quantitative estimate of drug-likeness (QED) is 0.549. The van der Waals surface area contributed by atoms with Crippen LogP contribution in [0.5, 0.6) is 11.5 Å². The predicted molar refractivity (Wildman–Crippen MR) is 121 cm³/mol. The van der Waals surface area contributed by atoms with Gasteiger partial charge in [-0.05, 0) is 41.7 Å². The van der Waals surface area contributed by atoms with Crippen LogP contribution in [-0.2, 0) is 11.8 Å². The van der Waals surface area contributed by atoms with Crippen molar-refractivity contribution in [2.75, 3.05) is 20.8 Å². The molecule has 0 spiro atoms. The van der Waals surface area contributed by atoms with Gasteiger partial charge in [0.25, 0.3) is 0 Å². The number of carbonyl (C=O) groups excluding carboxylic acids is 1. The number of amides is 1. The molecule has 0 aliphatic carbocycles. The van der Waals surface area contributed by atoms with E-state index in [0.717, 1.165) is 39.9 Å². The molecule has 30 heavy (non-hydrogen) atoms. The van der Waals surface area contributed by atoms with Gasteiger partial charge in [0.15, 0.2) is 0 Å². The lowest BCUT2D eigenvalue weighted by atomic mass is 9.87. The fourth-order valence-electron chi connectivity index (χ4n) is 3.85. The fourth-order valence-corrected chi connectivity index (χ4v) is 3.85. The van der Waals surface area contributed by atoms with Gasteiger partial charge in [-0.25, -0.2) is 0 Å². The Kier molecular flexibility index (Phi) is 7.03. The number of fused-ring (bicyclic) bond motifs is 1. The molecule has 0 bridgehead atoms. The maximum atomic E-state index is 12.9. The maximum absolute atomic E-state index is 12.9. The first-order chi connectivity index (χ1) is 14.4. The number of ether oxygens (including phenoxy) is 2. The largest absolute Gasteiger partial charge is 0.497 e. The van der Waals surface area contributed by atoms with E-state index < -0.39 is 0 Å². The van der Waals surface area contributed by atoms with E-state index in [-0.39, 0.29) is 11.8 Å². The van der Waals surface area contributed by atoms with Crippen molar-refractivity contribution in [1.29, 1.82) is 0 Å². The van der Waals surface area contributed by atoms with Gasteiger partial charge in [0.05, 0.1) is 14.2 Å². The number of nitrogens with zero attached hydrogens (tertiary/aromatic N) is 1. The SMILES string of the molecule is COc1cc(OC)cc(C(CC(=O)NCCC(C)C)c2cn(C)c3ccccc23)c1. The number of carbonyl (C=O) groups is 1. The normalized spacial score (nSPS) is 12.2. The van der Waals surface area contributed by atoms with Crippen LogP contribution in [0.1, 0.15) is 43.7 Å². The van der Waals surface area contributed by atoms with E-state index in [4.69, 9.17) is 9.47 Å². The van der Waals surface area contributed by atoms with Gasteiger partial charge in [-0.1, -0.05) is 32.0 Å². The number of rotatable bonds is 9. The number of benzene rings is 2. The smallest absolute Gasteiger partial charge is 0.220 e. The van der Waals surface area contributed by atoms with Crippen molar-refractivity contribution in [3.05, 3.63) is 59.8 Å². The van der Waals surface area contributed by atoms with Gasteiger partial charge in [-0.2, -0.15) is 0 Å². The molecule has 3 aromatic rings. The summed E-state index contributed by atoms with van der Waals surface area (Å²) in [5.74, 6) is 1.93. The molecule has 5 heteroatoms. The molecule has 0 aliphatic rings. The number of aryl methyl sites for hydroxylation is 1. The van der Waals surface area contributed by atoms with Gasteiger partial charge in [-0.15, -0.1) is 0 Å². The topological polar surface area (TPSA) is 52.5 Å². The summed E-state index contributed by atoms with van der Waals surface area (Å²) in [5.41, 5.74) is 3.27. The molecule has 5 nitrogen and oxygen atoms in total. The van der Waals surface area contributed by atoms with Gasteiger partial charge in [0.2, 0.25) is 5.91 Å². The van der Waals surface area contributed by atoms with E-state index >= 15 is 0 Å². The second-order valence-corrected chi connectivity index (χ2v) is 8.15. The van der Waals surface area contributed by atoms with Crippen LogP contribution in [-0.4, -0.2) is 31.2 Å². The van der Waals surface area contributed by atoms with Gasteiger partial charge in [-0.3, -0.25) is 4.79 Å². The van der Waals surface area contributed by atoms with Crippen LogP contribution in [0.25, 0.3) is 10.9 Å². The third kappa shape index (κ3) is 4.96. The van der Waals surface area contributed by atoms with Gasteiger partial charge >= 0.3 is 0 Å². The third-order valence-electron chi connectivity index (χ3n) is 5.51. The van der Waals surface area contributed by atoms with E-state index in [0.29, 0.717) is 18.9 Å². The molecular formula is C25H32N2O3. The van der Waals surface area contributed by atoms with Crippen LogP contribution in [0.3, 0.4) is 0 Å². The molecule has 1 aromatic heterocycles. The second kappa shape index (κ2) is 9.70. The summed E-state index contributed by atoms with van der Waals surface area (Å²) in [6, 6.07) is 14.1. The van der Waals surface area contributed by atoms with E-state index in [2.05, 4.69) is 42.1 Å². The predicted octanol–water partition coefficient (Wildman–Crippen LogP) is 4.88. The van der Waals surface area contributed by atoms with Crippen LogP contribution in [0.4, 0.5) is 0 Å². The lowest BCUT2D eigenvalue weighted by Gasteiger charge is -2.19. The Bertz CT molecular complexity index is 985. The molecule has 1 amide bonds. The Hall–Kier alpha value is -2.95. The van der Waals surface area contributed by atoms with E-state index in [1.54, 1.807) is 14.2 Å². The minimum atomic E-state index is -0.112. The minimum Gasteiger partial charge on any atom is -0.497 e. The Balaban J connectivity index is 2.02. The molecule has 0 saturated heterocycles. The fraction of sp³-hybridized carbons (Fsp3) is 0.400. The van der Waals surface area contributed by atoms with Crippen molar-refractivity contribution in [2.24, 2.45) is 13.0 Å². The average Bonchev–Trinajstić information content (AvgIpc) is 3.08. The molecule has 160 valence electrons. The number of methoxy groups -OCH3 is 2. The lowest BCUT2D eigenvalue weighted by molar-refractivity contribution is -0.121. The molecule has 1 heterocycles. The summed E-state index contributed by atoms with van der Waals surface area (Å²) < 4.78 is 13.1. The number of hydrogen-bond donors (Lipinski definition) is 1. The van der Waals surface area contributed by atoms with Crippen molar-refractivity contribution in [3.8, 4) is 11.5 Å². The van der Waals surface area contributed by atoms with Crippen LogP contribution in [0.2, 0.25) is 0 Å². The zero-order chi connectivity index (χ0) is 21.7. The Labute approximate surface area is 179 Å². The van der Waals surface area contributed by atoms with Crippen LogP contribution >= 0.6 is 0 Å². The molecular weight excluding hydrogens is 376 g/mol. The molecule has 0 radical (unpaired) electrons. The summed E-state index contributed by atoms with van der Waals surface area (Å²) in [4.78, 5) is 12.9. The highest BCUT2D eigenvalue weighted by molar-refractivity contribution is 5.86. The van der Waals surface area contributed by atoms with Crippen molar-refractivity contribution in [1.82, 2.24) is 9.88 Å². The lowest BCUT2D eigenvalue weighted by Crippen LogP contribution is -2.27. The first kappa shape index (κ1) is 21.8. The third-order valence-corrected chi connectivity index (χ3v) is 5.51. The van der Waals surface area contributed by atoms with E-state index in [9.17, 15) is 4.79 Å². The highest BCUT2D eigenvalue weighted by Gasteiger charge is 2.23. The first-order valence-corrected chi connectivity index (χ1v) is 10.5. The standard InChI is InChI=1S/C25H32N2O3/c1-17(2)10-11-26-25(28)15-22(18-12-19(29-4)14-20(13-18)30-5)23-16-27(3)24-9-7-6-8-21(23)24/h6-9,12-14,16-17,22H,10-11,15H2,1-5H3,(H,26,28). The molecule has 2 aromatic carbocycles. The number of aromatic nitrogens is 1. The van der Waals surface area contributed by atoms with Gasteiger partial charge in [0.1, 0.15) is 11.5 Å². The summed E-state index contributed by atoms with van der Waals surface area (Å²) in [6.45, 7) is 5.02. The first-order valence-electron chi connectivity index (χ1n) is 10.5. The average molecular weight is 409 g/mol. The van der Waals surface area contributed by atoms with Crippen molar-refractivity contribution >= 4 is 16.8 Å². The van der Waals surface area contributed by atoms with Crippen molar-refractivity contribution in [3.63, 3.8) is 0 Å². The van der Waals surface area contributed by atoms with Crippen molar-refractivity contribution in [2.45, 2.75) is 32.6 Å². The summed E-state index contributed by atoms with van der Waals surface area (Å²) in [7, 11) is 5.33. The monoisotopic (exact) mass is 408 g/mol. The Morgan fingerprint density at radius 3 is 2.37 bits per heavy atom. The second-order valence-electron chi connectivity index (χ2n) is 8.15. The number of hydrogen-bond acceptors (Lipinski definition) is 3. The maximum Gasteiger partial charge on any atom is 0.220 e.